The fourth-order valence-corrected chi connectivity index (χ4v) is 3.51. The summed E-state index contributed by atoms with van der Waals surface area (Å²) in [6, 6.07) is 10.7. The third-order valence-electron chi connectivity index (χ3n) is 4.23. The number of nitrogens with one attached hydrogen (secondary N) is 1. The van der Waals surface area contributed by atoms with Crippen LogP contribution in [-0.4, -0.2) is 36.4 Å². The standard InChI is InChI=1S/C19H22N2O3S/c1-14-4-2-10-21(12-14)18(22)13-24-16-8-6-15(7-9-16)20-19(23)17-5-3-11-25-17/h3,5-9,11,14H,2,4,10,12-13H2,1H3,(H,20,23)/t14-/m0/s1. The molecule has 1 saturated heterocycles. The lowest BCUT2D eigenvalue weighted by molar-refractivity contribution is -0.135. The molecular formula is C19H22N2O3S. The maximum atomic E-state index is 12.2. The van der Waals surface area contributed by atoms with E-state index < -0.39 is 0 Å². The summed E-state index contributed by atoms with van der Waals surface area (Å²) in [5, 5.41) is 4.70. The second kappa shape index (κ2) is 8.16. The van der Waals surface area contributed by atoms with E-state index in [2.05, 4.69) is 12.2 Å². The second-order valence-electron chi connectivity index (χ2n) is 6.33. The highest BCUT2D eigenvalue weighted by atomic mass is 32.1. The summed E-state index contributed by atoms with van der Waals surface area (Å²) in [5.41, 5.74) is 0.696. The van der Waals surface area contributed by atoms with E-state index in [4.69, 9.17) is 4.74 Å². The largest absolute Gasteiger partial charge is 0.484 e. The van der Waals surface area contributed by atoms with Crippen LogP contribution in [0.2, 0.25) is 0 Å². The van der Waals surface area contributed by atoms with Crippen LogP contribution in [0.5, 0.6) is 5.75 Å². The number of thiophene rings is 1. The smallest absolute Gasteiger partial charge is 0.265 e. The summed E-state index contributed by atoms with van der Waals surface area (Å²) in [7, 11) is 0. The summed E-state index contributed by atoms with van der Waals surface area (Å²) >= 11 is 1.40. The predicted octanol–water partition coefficient (Wildman–Crippen LogP) is 3.64. The highest BCUT2D eigenvalue weighted by Crippen LogP contribution is 2.19. The van der Waals surface area contributed by atoms with Crippen molar-refractivity contribution in [2.45, 2.75) is 19.8 Å². The summed E-state index contributed by atoms with van der Waals surface area (Å²) in [4.78, 5) is 26.7. The molecule has 1 aromatic carbocycles. The number of hydrogen-bond acceptors (Lipinski definition) is 4. The molecule has 2 amide bonds. The van der Waals surface area contributed by atoms with Crippen molar-refractivity contribution in [3.63, 3.8) is 0 Å². The van der Waals surface area contributed by atoms with Crippen LogP contribution in [-0.2, 0) is 4.79 Å². The number of ether oxygens (including phenoxy) is 1. The minimum atomic E-state index is -0.127. The Labute approximate surface area is 151 Å². The van der Waals surface area contributed by atoms with Gasteiger partial charge in [-0.25, -0.2) is 0 Å². The average molecular weight is 358 g/mol. The summed E-state index contributed by atoms with van der Waals surface area (Å²) in [5.74, 6) is 1.08. The molecule has 1 fully saturated rings. The van der Waals surface area contributed by atoms with Crippen molar-refractivity contribution in [1.29, 1.82) is 0 Å². The Balaban J connectivity index is 1.49. The number of carbonyl (C=O) groups excluding carboxylic acids is 2. The zero-order chi connectivity index (χ0) is 17.6. The van der Waals surface area contributed by atoms with Gasteiger partial charge in [0.15, 0.2) is 6.61 Å². The molecule has 1 aliphatic rings. The van der Waals surface area contributed by atoms with Crippen molar-refractivity contribution in [2.24, 2.45) is 5.92 Å². The molecule has 0 aliphatic carbocycles. The molecule has 1 aliphatic heterocycles. The first-order valence-corrected chi connectivity index (χ1v) is 9.35. The molecule has 132 valence electrons. The van der Waals surface area contributed by atoms with Crippen LogP contribution in [0.25, 0.3) is 0 Å². The van der Waals surface area contributed by atoms with Crippen LogP contribution in [0.3, 0.4) is 0 Å². The topological polar surface area (TPSA) is 58.6 Å². The van der Waals surface area contributed by atoms with Crippen LogP contribution in [0.1, 0.15) is 29.4 Å². The molecule has 0 unspecified atom stereocenters. The van der Waals surface area contributed by atoms with Crippen LogP contribution in [0, 0.1) is 5.92 Å². The number of hydrogen-bond donors (Lipinski definition) is 1. The molecule has 1 N–H and O–H groups in total. The number of nitrogens with zero attached hydrogens (tertiary/aromatic N) is 1. The Morgan fingerprint density at radius 1 is 1.28 bits per heavy atom. The third kappa shape index (κ3) is 4.82. The number of likely N-dealkylation sites (tertiary alicyclic amines) is 1. The fraction of sp³-hybridized carbons (Fsp3) is 0.368. The molecule has 2 heterocycles. The molecule has 0 saturated carbocycles. The molecule has 25 heavy (non-hydrogen) atoms. The molecule has 5 nitrogen and oxygen atoms in total. The van der Waals surface area contributed by atoms with Gasteiger partial charge >= 0.3 is 0 Å². The van der Waals surface area contributed by atoms with E-state index in [9.17, 15) is 9.59 Å². The molecule has 1 atom stereocenters. The van der Waals surface area contributed by atoms with Crippen molar-refractivity contribution in [2.75, 3.05) is 25.0 Å². The molecule has 0 spiro atoms. The van der Waals surface area contributed by atoms with Gasteiger partial charge < -0.3 is 15.0 Å². The maximum absolute atomic E-state index is 12.2. The third-order valence-corrected chi connectivity index (χ3v) is 5.10. The van der Waals surface area contributed by atoms with Gasteiger partial charge in [0.1, 0.15) is 5.75 Å². The molecular weight excluding hydrogens is 336 g/mol. The Hall–Kier alpha value is -2.34. The zero-order valence-electron chi connectivity index (χ0n) is 14.2. The van der Waals surface area contributed by atoms with Crippen molar-refractivity contribution >= 4 is 28.8 Å². The normalized spacial score (nSPS) is 17.2. The Kier molecular flexibility index (Phi) is 5.71. The van der Waals surface area contributed by atoms with Gasteiger partial charge in [-0.05, 0) is 54.5 Å². The van der Waals surface area contributed by atoms with Gasteiger partial charge in [-0.3, -0.25) is 9.59 Å². The number of carbonyl (C=O) groups is 2. The van der Waals surface area contributed by atoms with Gasteiger partial charge in [-0.15, -0.1) is 11.3 Å². The Bertz CT molecular complexity index is 713. The highest BCUT2D eigenvalue weighted by Gasteiger charge is 2.21. The van der Waals surface area contributed by atoms with Gasteiger partial charge in [0.05, 0.1) is 4.88 Å². The Morgan fingerprint density at radius 2 is 2.08 bits per heavy atom. The summed E-state index contributed by atoms with van der Waals surface area (Å²) in [6.45, 7) is 3.85. The van der Waals surface area contributed by atoms with E-state index in [1.165, 1.54) is 17.8 Å². The molecule has 0 bridgehead atoms. The van der Waals surface area contributed by atoms with Crippen molar-refractivity contribution in [3.05, 3.63) is 46.7 Å². The number of benzene rings is 1. The monoisotopic (exact) mass is 358 g/mol. The van der Waals surface area contributed by atoms with Crippen LogP contribution in [0.15, 0.2) is 41.8 Å². The van der Waals surface area contributed by atoms with Gasteiger partial charge in [-0.1, -0.05) is 13.0 Å². The predicted molar refractivity (Wildman–Crippen MR) is 99.2 cm³/mol. The zero-order valence-corrected chi connectivity index (χ0v) is 15.1. The van der Waals surface area contributed by atoms with E-state index in [-0.39, 0.29) is 18.4 Å². The number of amides is 2. The van der Waals surface area contributed by atoms with Gasteiger partial charge in [0.2, 0.25) is 0 Å². The maximum Gasteiger partial charge on any atom is 0.265 e. The average Bonchev–Trinajstić information content (AvgIpc) is 3.16. The van der Waals surface area contributed by atoms with Gasteiger partial charge in [0.25, 0.3) is 11.8 Å². The minimum Gasteiger partial charge on any atom is -0.484 e. The van der Waals surface area contributed by atoms with E-state index in [1.54, 1.807) is 30.3 Å². The summed E-state index contributed by atoms with van der Waals surface area (Å²) < 4.78 is 5.59. The van der Waals surface area contributed by atoms with Crippen molar-refractivity contribution < 1.29 is 14.3 Å². The first-order valence-electron chi connectivity index (χ1n) is 8.47. The quantitative estimate of drug-likeness (QED) is 0.888. The van der Waals surface area contributed by atoms with E-state index in [0.29, 0.717) is 22.2 Å². The van der Waals surface area contributed by atoms with E-state index in [0.717, 1.165) is 19.5 Å². The molecule has 1 aromatic heterocycles. The lowest BCUT2D eigenvalue weighted by Crippen LogP contribution is -2.41. The SMILES string of the molecule is C[C@H]1CCCN(C(=O)COc2ccc(NC(=O)c3cccs3)cc2)C1. The van der Waals surface area contributed by atoms with Gasteiger partial charge in [0, 0.05) is 18.8 Å². The highest BCUT2D eigenvalue weighted by molar-refractivity contribution is 7.12. The van der Waals surface area contributed by atoms with E-state index in [1.807, 2.05) is 16.3 Å². The van der Waals surface area contributed by atoms with Gasteiger partial charge in [-0.2, -0.15) is 0 Å². The number of rotatable bonds is 5. The second-order valence-corrected chi connectivity index (χ2v) is 7.28. The van der Waals surface area contributed by atoms with Crippen LogP contribution >= 0.6 is 11.3 Å². The first-order chi connectivity index (χ1) is 12.1. The molecule has 6 heteroatoms. The minimum absolute atomic E-state index is 0.0293. The van der Waals surface area contributed by atoms with Crippen molar-refractivity contribution in [1.82, 2.24) is 4.90 Å². The number of anilines is 1. The van der Waals surface area contributed by atoms with Crippen LogP contribution < -0.4 is 10.1 Å². The lowest BCUT2D eigenvalue weighted by atomic mass is 10.0. The summed E-state index contributed by atoms with van der Waals surface area (Å²) in [6.07, 6.45) is 2.24. The Morgan fingerprint density at radius 3 is 2.76 bits per heavy atom. The van der Waals surface area contributed by atoms with Crippen LogP contribution in [0.4, 0.5) is 5.69 Å². The lowest BCUT2D eigenvalue weighted by Gasteiger charge is -2.30. The molecule has 0 radical (unpaired) electrons. The first kappa shape index (κ1) is 17.5. The fourth-order valence-electron chi connectivity index (χ4n) is 2.89. The molecule has 3 rings (SSSR count). The van der Waals surface area contributed by atoms with E-state index >= 15 is 0 Å². The van der Waals surface area contributed by atoms with Crippen molar-refractivity contribution in [3.8, 4) is 5.75 Å². The number of piperidine rings is 1. The molecule has 2 aromatic rings.